The molecule has 2 saturated carbocycles. The average Bonchev–Trinajstić information content (AvgIpc) is 3.03. The van der Waals surface area contributed by atoms with Crippen LogP contribution in [0.25, 0.3) is 0 Å². The van der Waals surface area contributed by atoms with Gasteiger partial charge >= 0.3 is 0 Å². The Hall–Kier alpha value is -0.830. The van der Waals surface area contributed by atoms with Gasteiger partial charge in [0.15, 0.2) is 0 Å². The van der Waals surface area contributed by atoms with Crippen molar-refractivity contribution in [2.45, 2.75) is 32.1 Å². The van der Waals surface area contributed by atoms with Crippen molar-refractivity contribution >= 4 is 21.7 Å². The van der Waals surface area contributed by atoms with Crippen molar-refractivity contribution in [2.75, 3.05) is 7.11 Å². The molecule has 0 N–H and O–H groups in total. The molecule has 0 heterocycles. The number of rotatable bonds is 4. The summed E-state index contributed by atoms with van der Waals surface area (Å²) in [5, 5.41) is 0. The SMILES string of the molecule is COc1ccc(Br)c(CC(=O)C2CC3CCC2C3)c1. The monoisotopic (exact) mass is 322 g/mol. The zero-order valence-electron chi connectivity index (χ0n) is 11.2. The number of carbonyl (C=O) groups is 1. The van der Waals surface area contributed by atoms with Gasteiger partial charge in [-0.05, 0) is 54.9 Å². The van der Waals surface area contributed by atoms with Gasteiger partial charge in [0.1, 0.15) is 11.5 Å². The third-order valence-corrected chi connectivity index (χ3v) is 5.54. The molecule has 2 nitrogen and oxygen atoms in total. The lowest BCUT2D eigenvalue weighted by molar-refractivity contribution is -0.123. The molecule has 19 heavy (non-hydrogen) atoms. The second kappa shape index (κ2) is 5.28. The molecule has 2 aliphatic carbocycles. The van der Waals surface area contributed by atoms with Gasteiger partial charge in [-0.25, -0.2) is 0 Å². The second-order valence-electron chi connectivity index (χ2n) is 5.88. The number of fused-ring (bicyclic) bond motifs is 2. The van der Waals surface area contributed by atoms with Crippen molar-refractivity contribution in [1.29, 1.82) is 0 Å². The predicted molar refractivity (Wildman–Crippen MR) is 78.3 cm³/mol. The molecule has 102 valence electrons. The van der Waals surface area contributed by atoms with Gasteiger partial charge in [0, 0.05) is 16.8 Å². The summed E-state index contributed by atoms with van der Waals surface area (Å²) in [6, 6.07) is 5.84. The van der Waals surface area contributed by atoms with E-state index in [1.807, 2.05) is 18.2 Å². The van der Waals surface area contributed by atoms with Crippen LogP contribution in [0.3, 0.4) is 0 Å². The second-order valence-corrected chi connectivity index (χ2v) is 6.74. The Bertz CT molecular complexity index is 498. The molecule has 0 saturated heterocycles. The van der Waals surface area contributed by atoms with Crippen LogP contribution in [0.5, 0.6) is 5.75 Å². The van der Waals surface area contributed by atoms with Crippen LogP contribution in [0, 0.1) is 17.8 Å². The fraction of sp³-hybridized carbons (Fsp3) is 0.562. The third-order valence-electron chi connectivity index (χ3n) is 4.77. The van der Waals surface area contributed by atoms with Gasteiger partial charge < -0.3 is 4.74 Å². The highest BCUT2D eigenvalue weighted by Crippen LogP contribution is 2.49. The van der Waals surface area contributed by atoms with E-state index in [4.69, 9.17) is 4.74 Å². The van der Waals surface area contributed by atoms with Gasteiger partial charge in [0.25, 0.3) is 0 Å². The summed E-state index contributed by atoms with van der Waals surface area (Å²) in [6.07, 6.45) is 5.56. The van der Waals surface area contributed by atoms with Crippen LogP contribution in [0.4, 0.5) is 0 Å². The van der Waals surface area contributed by atoms with Gasteiger partial charge in [-0.1, -0.05) is 22.4 Å². The number of hydrogen-bond donors (Lipinski definition) is 0. The lowest BCUT2D eigenvalue weighted by atomic mass is 9.83. The first-order valence-electron chi connectivity index (χ1n) is 7.02. The minimum absolute atomic E-state index is 0.317. The molecule has 2 aliphatic rings. The van der Waals surface area contributed by atoms with E-state index in [2.05, 4.69) is 15.9 Å². The van der Waals surface area contributed by atoms with E-state index in [1.54, 1.807) is 7.11 Å². The summed E-state index contributed by atoms with van der Waals surface area (Å²) in [4.78, 5) is 12.5. The fourth-order valence-corrected chi connectivity index (χ4v) is 4.16. The molecule has 1 aromatic carbocycles. The van der Waals surface area contributed by atoms with Gasteiger partial charge in [-0.15, -0.1) is 0 Å². The van der Waals surface area contributed by atoms with Crippen molar-refractivity contribution in [3.63, 3.8) is 0 Å². The topological polar surface area (TPSA) is 26.3 Å². The van der Waals surface area contributed by atoms with E-state index in [-0.39, 0.29) is 0 Å². The molecule has 3 rings (SSSR count). The average molecular weight is 323 g/mol. The molecular weight excluding hydrogens is 304 g/mol. The maximum absolute atomic E-state index is 12.5. The van der Waals surface area contributed by atoms with Crippen LogP contribution >= 0.6 is 15.9 Å². The first kappa shape index (κ1) is 13.2. The van der Waals surface area contributed by atoms with Gasteiger partial charge in [0.2, 0.25) is 0 Å². The van der Waals surface area contributed by atoms with Gasteiger partial charge in [-0.3, -0.25) is 4.79 Å². The van der Waals surface area contributed by atoms with E-state index in [1.165, 1.54) is 19.3 Å². The highest BCUT2D eigenvalue weighted by atomic mass is 79.9. The number of carbonyl (C=O) groups excluding carboxylic acids is 1. The number of Topliss-reactive ketones (excluding diaryl/α,β-unsaturated/α-hetero) is 1. The molecule has 0 aromatic heterocycles. The normalized spacial score (nSPS) is 28.6. The minimum atomic E-state index is 0.317. The number of ether oxygens (including phenoxy) is 1. The molecule has 3 heteroatoms. The summed E-state index contributed by atoms with van der Waals surface area (Å²) in [5.41, 5.74) is 1.05. The zero-order valence-corrected chi connectivity index (χ0v) is 12.8. The molecule has 2 bridgehead atoms. The standard InChI is InChI=1S/C16H19BrO2/c1-19-13-4-5-15(17)12(8-13)9-16(18)14-7-10-2-3-11(14)6-10/h4-5,8,10-11,14H,2-3,6-7,9H2,1H3. The highest BCUT2D eigenvalue weighted by Gasteiger charge is 2.42. The lowest BCUT2D eigenvalue weighted by Gasteiger charge is -2.20. The minimum Gasteiger partial charge on any atom is -0.497 e. The summed E-state index contributed by atoms with van der Waals surface area (Å²) in [6.45, 7) is 0. The zero-order chi connectivity index (χ0) is 13.4. The molecule has 3 unspecified atom stereocenters. The Morgan fingerprint density at radius 1 is 1.37 bits per heavy atom. The van der Waals surface area contributed by atoms with Crippen LogP contribution in [-0.4, -0.2) is 12.9 Å². The molecular formula is C16H19BrO2. The molecule has 0 aliphatic heterocycles. The molecule has 0 amide bonds. The van der Waals surface area contributed by atoms with E-state index < -0.39 is 0 Å². The van der Waals surface area contributed by atoms with E-state index >= 15 is 0 Å². The van der Waals surface area contributed by atoms with E-state index in [0.717, 1.165) is 28.1 Å². The number of halogens is 1. The Morgan fingerprint density at radius 3 is 2.84 bits per heavy atom. The Morgan fingerprint density at radius 2 is 2.21 bits per heavy atom. The summed E-state index contributed by atoms with van der Waals surface area (Å²) in [7, 11) is 1.66. The van der Waals surface area contributed by atoms with Crippen LogP contribution in [0.2, 0.25) is 0 Å². The molecule has 1 aromatic rings. The Kier molecular flexibility index (Phi) is 3.66. The smallest absolute Gasteiger partial charge is 0.140 e. The van der Waals surface area contributed by atoms with Crippen molar-refractivity contribution < 1.29 is 9.53 Å². The van der Waals surface area contributed by atoms with Crippen LogP contribution in [-0.2, 0) is 11.2 Å². The van der Waals surface area contributed by atoms with Crippen molar-refractivity contribution in [3.8, 4) is 5.75 Å². The maximum atomic E-state index is 12.5. The number of benzene rings is 1. The van der Waals surface area contributed by atoms with Crippen LogP contribution in [0.15, 0.2) is 22.7 Å². The molecule has 3 atom stereocenters. The van der Waals surface area contributed by atoms with Crippen molar-refractivity contribution in [1.82, 2.24) is 0 Å². The predicted octanol–water partition coefficient (Wildman–Crippen LogP) is 4.01. The van der Waals surface area contributed by atoms with Gasteiger partial charge in [0.05, 0.1) is 7.11 Å². The Balaban J connectivity index is 1.72. The van der Waals surface area contributed by atoms with Gasteiger partial charge in [-0.2, -0.15) is 0 Å². The van der Waals surface area contributed by atoms with E-state index in [0.29, 0.717) is 24.0 Å². The molecule has 0 radical (unpaired) electrons. The Labute approximate surface area is 122 Å². The van der Waals surface area contributed by atoms with Crippen LogP contribution in [0.1, 0.15) is 31.2 Å². The first-order valence-corrected chi connectivity index (χ1v) is 7.82. The maximum Gasteiger partial charge on any atom is 0.140 e. The number of hydrogen-bond acceptors (Lipinski definition) is 2. The largest absolute Gasteiger partial charge is 0.497 e. The molecule has 2 fully saturated rings. The molecule has 0 spiro atoms. The summed E-state index contributed by atoms with van der Waals surface area (Å²) >= 11 is 3.53. The quantitative estimate of drug-likeness (QED) is 0.837. The number of methoxy groups -OCH3 is 1. The lowest BCUT2D eigenvalue weighted by Crippen LogP contribution is -2.22. The van der Waals surface area contributed by atoms with Crippen molar-refractivity contribution in [3.05, 3.63) is 28.2 Å². The summed E-state index contributed by atoms with van der Waals surface area (Å²) in [5.74, 6) is 3.05. The van der Waals surface area contributed by atoms with Crippen LogP contribution < -0.4 is 4.74 Å². The number of ketones is 1. The fourth-order valence-electron chi connectivity index (χ4n) is 3.77. The highest BCUT2D eigenvalue weighted by molar-refractivity contribution is 9.10. The van der Waals surface area contributed by atoms with Crippen molar-refractivity contribution in [2.24, 2.45) is 17.8 Å². The van der Waals surface area contributed by atoms with E-state index in [9.17, 15) is 4.79 Å². The first-order chi connectivity index (χ1) is 9.17. The summed E-state index contributed by atoms with van der Waals surface area (Å²) < 4.78 is 6.24. The third kappa shape index (κ3) is 2.58.